The van der Waals surface area contributed by atoms with Crippen molar-refractivity contribution in [2.45, 2.75) is 38.2 Å². The van der Waals surface area contributed by atoms with Gasteiger partial charge in [0.05, 0.1) is 19.3 Å². The smallest absolute Gasteiger partial charge is 0.497 e. The van der Waals surface area contributed by atoms with Gasteiger partial charge in [-0.1, -0.05) is 18.7 Å². The number of carbonyl (C=O) groups is 2. The van der Waals surface area contributed by atoms with Gasteiger partial charge in [-0.2, -0.15) is 5.26 Å². The van der Waals surface area contributed by atoms with E-state index in [1.807, 2.05) is 0 Å². The highest BCUT2D eigenvalue weighted by molar-refractivity contribution is 7.16. The summed E-state index contributed by atoms with van der Waals surface area (Å²) < 4.78 is 19.9. The predicted octanol–water partition coefficient (Wildman–Crippen LogP) is 4.56. The first kappa shape index (κ1) is 27.9. The van der Waals surface area contributed by atoms with E-state index in [-0.39, 0.29) is 12.7 Å². The Labute approximate surface area is 199 Å². The van der Waals surface area contributed by atoms with Crippen molar-refractivity contribution in [3.63, 3.8) is 0 Å². The van der Waals surface area contributed by atoms with Crippen LogP contribution in [0, 0.1) is 11.3 Å². The van der Waals surface area contributed by atoms with E-state index in [4.69, 9.17) is 18.9 Å². The maximum atomic E-state index is 11.5. The zero-order valence-corrected chi connectivity index (χ0v) is 20.3. The van der Waals surface area contributed by atoms with Crippen molar-refractivity contribution < 1.29 is 28.5 Å². The van der Waals surface area contributed by atoms with Crippen LogP contribution in [0.2, 0.25) is 0 Å². The monoisotopic (exact) mass is 476 g/mol. The molecule has 0 aliphatic heterocycles. The first-order valence-corrected chi connectivity index (χ1v) is 11.3. The second-order valence-corrected chi connectivity index (χ2v) is 8.07. The van der Waals surface area contributed by atoms with Crippen LogP contribution in [0.5, 0.6) is 0 Å². The van der Waals surface area contributed by atoms with Crippen LogP contribution in [0.3, 0.4) is 0 Å². The van der Waals surface area contributed by atoms with Gasteiger partial charge in [0.25, 0.3) is 0 Å². The lowest BCUT2D eigenvalue weighted by molar-refractivity contribution is -0.107. The number of nitrogens with zero attached hydrogens (tertiary/aromatic N) is 1. The fourth-order valence-electron chi connectivity index (χ4n) is 3.05. The van der Waals surface area contributed by atoms with Gasteiger partial charge < -0.3 is 29.1 Å². The number of ether oxygens (including phenoxy) is 4. The van der Waals surface area contributed by atoms with Crippen LogP contribution in [0.15, 0.2) is 36.6 Å². The quantitative estimate of drug-likeness (QED) is 0.163. The molecule has 33 heavy (non-hydrogen) atoms. The van der Waals surface area contributed by atoms with Crippen molar-refractivity contribution >= 4 is 28.8 Å². The lowest BCUT2D eigenvalue weighted by Gasteiger charge is -2.21. The van der Waals surface area contributed by atoms with Crippen molar-refractivity contribution in [3.8, 4) is 6.07 Å². The Morgan fingerprint density at radius 3 is 2.70 bits per heavy atom. The number of thiophene rings is 1. The molecule has 0 spiro atoms. The number of nitriles is 1. The fraction of sp³-hybridized carbons (Fsp3) is 0.458. The van der Waals surface area contributed by atoms with E-state index < -0.39 is 6.16 Å². The molecule has 180 valence electrons. The van der Waals surface area contributed by atoms with Crippen molar-refractivity contribution in [1.82, 2.24) is 0 Å². The standard InChI is InChI=1S/C14H18N2O4S.C10H14O2/c1-16-13-11(8-15)10-4-3-9(7-12(10)21-13)20-14(17)19-6-5-18-2;1-4-10(12-3)8-9(2)6-5-7-11/h9,16H,3-7H2,1-2H3;4,7-8H,1-2,5-6H2,3H3/b;10-8+. The summed E-state index contributed by atoms with van der Waals surface area (Å²) in [5.41, 5.74) is 2.68. The Morgan fingerprint density at radius 2 is 2.12 bits per heavy atom. The Bertz CT molecular complexity index is 884. The molecule has 1 aromatic heterocycles. The number of fused-ring (bicyclic) bond motifs is 1. The molecule has 1 aliphatic carbocycles. The number of nitrogens with one attached hydrogen (secondary N) is 1. The van der Waals surface area contributed by atoms with Crippen molar-refractivity contribution in [2.24, 2.45) is 0 Å². The highest BCUT2D eigenvalue weighted by Gasteiger charge is 2.28. The lowest BCUT2D eigenvalue weighted by Crippen LogP contribution is -2.25. The van der Waals surface area contributed by atoms with Crippen molar-refractivity contribution in [2.75, 3.05) is 39.8 Å². The van der Waals surface area contributed by atoms with E-state index >= 15 is 0 Å². The summed E-state index contributed by atoms with van der Waals surface area (Å²) in [7, 11) is 4.92. The molecule has 1 aliphatic rings. The van der Waals surface area contributed by atoms with Crippen LogP contribution < -0.4 is 5.32 Å². The third kappa shape index (κ3) is 9.51. The highest BCUT2D eigenvalue weighted by atomic mass is 32.1. The van der Waals surface area contributed by atoms with E-state index in [1.165, 1.54) is 0 Å². The van der Waals surface area contributed by atoms with Gasteiger partial charge in [-0.15, -0.1) is 11.3 Å². The maximum Gasteiger partial charge on any atom is 0.508 e. The number of rotatable bonds is 11. The number of aldehydes is 1. The second-order valence-electron chi connectivity index (χ2n) is 6.96. The van der Waals surface area contributed by atoms with Crippen molar-refractivity contribution in [3.05, 3.63) is 52.6 Å². The molecule has 9 heteroatoms. The van der Waals surface area contributed by atoms with Crippen LogP contribution in [0.25, 0.3) is 0 Å². The Hall–Kier alpha value is -3.09. The zero-order chi connectivity index (χ0) is 24.6. The van der Waals surface area contributed by atoms with Gasteiger partial charge in [0.2, 0.25) is 0 Å². The minimum absolute atomic E-state index is 0.189. The molecule has 0 radical (unpaired) electrons. The summed E-state index contributed by atoms with van der Waals surface area (Å²) >= 11 is 1.55. The SMILES string of the molecule is C=C/C(=C\C(=C)CCC=O)OC.CNc1sc2c(c1C#N)CCC(OC(=O)OCCOC)C2. The summed E-state index contributed by atoms with van der Waals surface area (Å²) in [6.07, 6.45) is 6.66. The first-order valence-electron chi connectivity index (χ1n) is 10.5. The van der Waals surface area contributed by atoms with Crippen LogP contribution in [-0.4, -0.2) is 53.0 Å². The number of allylic oxidation sites excluding steroid dienone is 3. The van der Waals surface area contributed by atoms with Gasteiger partial charge in [0, 0.05) is 31.9 Å². The molecule has 2 rings (SSSR count). The zero-order valence-electron chi connectivity index (χ0n) is 19.5. The lowest BCUT2D eigenvalue weighted by atomic mass is 9.94. The molecule has 1 N–H and O–H groups in total. The number of carbonyl (C=O) groups excluding carboxylic acids is 2. The topological polar surface area (TPSA) is 107 Å². The van der Waals surface area contributed by atoms with Crippen LogP contribution in [0.4, 0.5) is 9.80 Å². The summed E-state index contributed by atoms with van der Waals surface area (Å²) in [6, 6.07) is 2.25. The van der Waals surface area contributed by atoms with E-state index in [0.717, 1.165) is 39.3 Å². The molecule has 0 fully saturated rings. The first-order chi connectivity index (χ1) is 15.9. The largest absolute Gasteiger partial charge is 0.508 e. The Kier molecular flexibility index (Phi) is 13.3. The minimum atomic E-state index is -0.661. The molecule has 1 aromatic rings. The maximum absolute atomic E-state index is 11.5. The van der Waals surface area contributed by atoms with Gasteiger partial charge in [0.15, 0.2) is 0 Å². The summed E-state index contributed by atoms with van der Waals surface area (Å²) in [4.78, 5) is 22.7. The molecule has 0 amide bonds. The van der Waals surface area contributed by atoms with Gasteiger partial charge in [-0.3, -0.25) is 0 Å². The molecule has 8 nitrogen and oxygen atoms in total. The Balaban J connectivity index is 0.000000389. The van der Waals surface area contributed by atoms with Crippen molar-refractivity contribution in [1.29, 1.82) is 5.26 Å². The fourth-order valence-corrected chi connectivity index (χ4v) is 4.26. The molecule has 0 saturated carbocycles. The third-order valence-corrected chi connectivity index (χ3v) is 5.97. The Morgan fingerprint density at radius 1 is 1.36 bits per heavy atom. The number of hydrogen-bond donors (Lipinski definition) is 1. The molecule has 1 heterocycles. The number of hydrogen-bond acceptors (Lipinski definition) is 9. The van der Waals surface area contributed by atoms with E-state index in [0.29, 0.717) is 38.0 Å². The van der Waals surface area contributed by atoms with Gasteiger partial charge >= 0.3 is 6.16 Å². The summed E-state index contributed by atoms with van der Waals surface area (Å²) in [6.45, 7) is 7.87. The van der Waals surface area contributed by atoms with Crippen LogP contribution in [0.1, 0.15) is 35.3 Å². The highest BCUT2D eigenvalue weighted by Crippen LogP contribution is 2.38. The van der Waals surface area contributed by atoms with Gasteiger partial charge in [-0.25, -0.2) is 4.79 Å². The molecule has 1 atom stereocenters. The minimum Gasteiger partial charge on any atom is -0.497 e. The summed E-state index contributed by atoms with van der Waals surface area (Å²) in [5, 5.41) is 13.1. The molecule has 0 aromatic carbocycles. The summed E-state index contributed by atoms with van der Waals surface area (Å²) in [5.74, 6) is 0.672. The van der Waals surface area contributed by atoms with Crippen LogP contribution in [-0.2, 0) is 36.6 Å². The third-order valence-electron chi connectivity index (χ3n) is 4.70. The second kappa shape index (κ2) is 15.7. The van der Waals surface area contributed by atoms with Gasteiger partial charge in [-0.05, 0) is 37.0 Å². The molecule has 0 bridgehead atoms. The normalized spacial score (nSPS) is 14.5. The molecular formula is C24H32N2O6S. The average molecular weight is 477 g/mol. The van der Waals surface area contributed by atoms with Crippen LogP contribution >= 0.6 is 11.3 Å². The van der Waals surface area contributed by atoms with Gasteiger partial charge in [0.1, 0.15) is 35.8 Å². The predicted molar refractivity (Wildman–Crippen MR) is 128 cm³/mol. The molecular weight excluding hydrogens is 444 g/mol. The van der Waals surface area contributed by atoms with E-state index in [1.54, 1.807) is 44.8 Å². The number of anilines is 1. The van der Waals surface area contributed by atoms with E-state index in [2.05, 4.69) is 24.5 Å². The average Bonchev–Trinajstić information content (AvgIpc) is 3.18. The van der Waals surface area contributed by atoms with E-state index in [9.17, 15) is 14.9 Å². The number of methoxy groups -OCH3 is 2. The molecule has 0 saturated heterocycles. The molecule has 1 unspecified atom stereocenters.